The molecule has 0 aliphatic rings. The van der Waals surface area contributed by atoms with Crippen LogP contribution in [0, 0.1) is 33.5 Å². The number of hydrogen-bond acceptors (Lipinski definition) is 4. The lowest BCUT2D eigenvalue weighted by Crippen LogP contribution is -2.24. The van der Waals surface area contributed by atoms with Crippen LogP contribution in [0.4, 0.5) is 10.1 Å². The number of amides is 1. The molecule has 0 aromatic heterocycles. The molecule has 5 nitrogen and oxygen atoms in total. The first-order valence-electron chi connectivity index (χ1n) is 8.18. The van der Waals surface area contributed by atoms with Gasteiger partial charge in [-0.2, -0.15) is 0 Å². The fourth-order valence-corrected chi connectivity index (χ4v) is 2.62. The number of benzene rings is 2. The normalized spacial score (nSPS) is 10.3. The molecular weight excluding hydrogens is 337 g/mol. The summed E-state index contributed by atoms with van der Waals surface area (Å²) in [6.07, 6.45) is 0. The van der Waals surface area contributed by atoms with Crippen molar-refractivity contribution in [1.29, 1.82) is 0 Å². The van der Waals surface area contributed by atoms with E-state index in [0.717, 1.165) is 22.3 Å². The molecule has 0 radical (unpaired) electrons. The highest BCUT2D eigenvalue weighted by Crippen LogP contribution is 2.24. The lowest BCUT2D eigenvalue weighted by Gasteiger charge is -2.13. The van der Waals surface area contributed by atoms with Crippen LogP contribution in [0.5, 0.6) is 5.75 Å². The van der Waals surface area contributed by atoms with Crippen LogP contribution in [0.2, 0.25) is 0 Å². The zero-order valence-corrected chi connectivity index (χ0v) is 15.3. The number of ether oxygens (including phenoxy) is 2. The maximum atomic E-state index is 13.7. The van der Waals surface area contributed by atoms with E-state index in [-0.39, 0.29) is 12.3 Å². The van der Waals surface area contributed by atoms with Gasteiger partial charge in [-0.05, 0) is 56.5 Å². The fourth-order valence-electron chi connectivity index (χ4n) is 2.62. The van der Waals surface area contributed by atoms with E-state index in [0.29, 0.717) is 5.75 Å². The maximum Gasteiger partial charge on any atom is 0.344 e. The van der Waals surface area contributed by atoms with Crippen LogP contribution in [0.15, 0.2) is 30.3 Å². The van der Waals surface area contributed by atoms with E-state index in [1.54, 1.807) is 13.0 Å². The number of nitrogens with one attached hydrogen (secondary N) is 1. The average Bonchev–Trinajstić information content (AvgIpc) is 2.54. The van der Waals surface area contributed by atoms with Gasteiger partial charge in [-0.3, -0.25) is 4.79 Å². The van der Waals surface area contributed by atoms with Crippen molar-refractivity contribution in [3.8, 4) is 5.75 Å². The van der Waals surface area contributed by atoms with Crippen molar-refractivity contribution in [2.75, 3.05) is 18.5 Å². The minimum atomic E-state index is -0.677. The quantitative estimate of drug-likeness (QED) is 0.800. The number of carbonyl (C=O) groups is 2. The summed E-state index contributed by atoms with van der Waals surface area (Å²) in [6, 6.07) is 8.34. The van der Waals surface area contributed by atoms with Crippen molar-refractivity contribution in [1.82, 2.24) is 0 Å². The first-order chi connectivity index (χ1) is 12.3. The molecule has 0 aliphatic carbocycles. The van der Waals surface area contributed by atoms with Crippen LogP contribution >= 0.6 is 0 Å². The van der Waals surface area contributed by atoms with E-state index >= 15 is 0 Å². The van der Waals surface area contributed by atoms with Crippen molar-refractivity contribution in [2.45, 2.75) is 27.7 Å². The van der Waals surface area contributed by atoms with Gasteiger partial charge in [0.1, 0.15) is 11.6 Å². The predicted molar refractivity (Wildman–Crippen MR) is 96.9 cm³/mol. The predicted octanol–water partition coefficient (Wildman–Crippen LogP) is 3.62. The van der Waals surface area contributed by atoms with E-state index in [4.69, 9.17) is 9.47 Å². The molecule has 2 aromatic rings. The van der Waals surface area contributed by atoms with Gasteiger partial charge in [0.15, 0.2) is 13.2 Å². The molecule has 0 saturated carbocycles. The molecule has 0 spiro atoms. The number of carbonyl (C=O) groups excluding carboxylic acids is 2. The summed E-state index contributed by atoms with van der Waals surface area (Å²) >= 11 is 0. The number of hydrogen-bond donors (Lipinski definition) is 1. The molecule has 0 bridgehead atoms. The first kappa shape index (κ1) is 19.4. The largest absolute Gasteiger partial charge is 0.481 e. The minimum absolute atomic E-state index is 0.0406. The summed E-state index contributed by atoms with van der Waals surface area (Å²) in [5.74, 6) is -1.22. The molecule has 0 fully saturated rings. The Balaban J connectivity index is 1.82. The van der Waals surface area contributed by atoms with E-state index < -0.39 is 24.3 Å². The topological polar surface area (TPSA) is 64.6 Å². The molecule has 6 heteroatoms. The lowest BCUT2D eigenvalue weighted by atomic mass is 10.1. The second-order valence-corrected chi connectivity index (χ2v) is 6.21. The van der Waals surface area contributed by atoms with Gasteiger partial charge in [0.25, 0.3) is 5.91 Å². The van der Waals surface area contributed by atoms with Crippen LogP contribution in [-0.4, -0.2) is 25.1 Å². The molecule has 1 amide bonds. The Labute approximate surface area is 152 Å². The number of esters is 1. The van der Waals surface area contributed by atoms with Crippen LogP contribution < -0.4 is 10.1 Å². The smallest absolute Gasteiger partial charge is 0.344 e. The van der Waals surface area contributed by atoms with Gasteiger partial charge in [0, 0.05) is 0 Å². The van der Waals surface area contributed by atoms with Gasteiger partial charge in [-0.25, -0.2) is 9.18 Å². The minimum Gasteiger partial charge on any atom is -0.481 e. The van der Waals surface area contributed by atoms with Crippen LogP contribution in [0.25, 0.3) is 0 Å². The molecule has 26 heavy (non-hydrogen) atoms. The third kappa shape index (κ3) is 5.31. The Morgan fingerprint density at radius 1 is 0.962 bits per heavy atom. The number of aryl methyl sites for hydroxylation is 4. The maximum absolute atomic E-state index is 13.7. The van der Waals surface area contributed by atoms with Gasteiger partial charge in [-0.15, -0.1) is 0 Å². The second kappa shape index (κ2) is 8.47. The first-order valence-corrected chi connectivity index (χ1v) is 8.18. The highest BCUT2D eigenvalue weighted by molar-refractivity contribution is 5.93. The van der Waals surface area contributed by atoms with E-state index in [9.17, 15) is 14.0 Å². The molecule has 0 unspecified atom stereocenters. The molecule has 0 aliphatic heterocycles. The summed E-state index contributed by atoms with van der Waals surface area (Å²) in [6.45, 7) is 6.69. The summed E-state index contributed by atoms with van der Waals surface area (Å²) < 4.78 is 24.0. The zero-order chi connectivity index (χ0) is 19.3. The van der Waals surface area contributed by atoms with Crippen LogP contribution in [0.3, 0.4) is 0 Å². The number of anilines is 1. The highest BCUT2D eigenvalue weighted by Gasteiger charge is 2.12. The number of rotatable bonds is 6. The average molecular weight is 359 g/mol. The molecular formula is C20H22FNO4. The van der Waals surface area contributed by atoms with E-state index in [2.05, 4.69) is 5.32 Å². The Morgan fingerprint density at radius 2 is 1.62 bits per heavy atom. The standard InChI is InChI=1S/C20H22FNO4/c1-12-5-6-17(16(21)9-12)22-18(23)10-25-19(24)11-26-20-14(3)7-13(2)8-15(20)4/h5-9H,10-11H2,1-4H3,(H,22,23). The monoisotopic (exact) mass is 359 g/mol. The highest BCUT2D eigenvalue weighted by atomic mass is 19.1. The SMILES string of the molecule is Cc1cc(C)c(OCC(=O)OCC(=O)Nc2ccc(C)cc2F)c(C)c1. The van der Waals surface area contributed by atoms with Crippen molar-refractivity contribution in [2.24, 2.45) is 0 Å². The number of halogens is 1. The Hall–Kier alpha value is -2.89. The summed E-state index contributed by atoms with van der Waals surface area (Å²) in [4.78, 5) is 23.6. The van der Waals surface area contributed by atoms with Gasteiger partial charge < -0.3 is 14.8 Å². The van der Waals surface area contributed by atoms with Gasteiger partial charge in [0.05, 0.1) is 5.69 Å². The van der Waals surface area contributed by atoms with Crippen molar-refractivity contribution in [3.05, 3.63) is 58.4 Å². The van der Waals surface area contributed by atoms with Gasteiger partial charge in [-0.1, -0.05) is 23.8 Å². The Bertz CT molecular complexity index is 810. The molecule has 2 aromatic carbocycles. The van der Waals surface area contributed by atoms with Gasteiger partial charge in [0.2, 0.25) is 0 Å². The van der Waals surface area contributed by atoms with Crippen molar-refractivity contribution >= 4 is 17.6 Å². The molecule has 2 rings (SSSR count). The lowest BCUT2D eigenvalue weighted by molar-refractivity contribution is -0.149. The van der Waals surface area contributed by atoms with Crippen LogP contribution in [-0.2, 0) is 14.3 Å². The summed E-state index contributed by atoms with van der Waals surface area (Å²) in [5.41, 5.74) is 3.73. The third-order valence-corrected chi connectivity index (χ3v) is 3.70. The third-order valence-electron chi connectivity index (χ3n) is 3.70. The second-order valence-electron chi connectivity index (χ2n) is 6.21. The Kier molecular flexibility index (Phi) is 6.33. The van der Waals surface area contributed by atoms with E-state index in [1.807, 2.05) is 32.9 Å². The van der Waals surface area contributed by atoms with Gasteiger partial charge >= 0.3 is 5.97 Å². The summed E-state index contributed by atoms with van der Waals surface area (Å²) in [5, 5.41) is 2.36. The molecule has 138 valence electrons. The zero-order valence-electron chi connectivity index (χ0n) is 15.3. The molecule has 1 N–H and O–H groups in total. The molecule has 0 heterocycles. The summed E-state index contributed by atoms with van der Waals surface area (Å²) in [7, 11) is 0. The van der Waals surface area contributed by atoms with Crippen molar-refractivity contribution < 1.29 is 23.5 Å². The van der Waals surface area contributed by atoms with E-state index in [1.165, 1.54) is 12.1 Å². The van der Waals surface area contributed by atoms with Crippen LogP contribution in [0.1, 0.15) is 22.3 Å². The molecule has 0 saturated heterocycles. The Morgan fingerprint density at radius 3 is 2.23 bits per heavy atom. The fraction of sp³-hybridized carbons (Fsp3) is 0.300. The van der Waals surface area contributed by atoms with Crippen molar-refractivity contribution in [3.63, 3.8) is 0 Å². The molecule has 0 atom stereocenters.